The van der Waals surface area contributed by atoms with Crippen LogP contribution in [0.1, 0.15) is 37.7 Å². The molecule has 1 heterocycles. The Kier molecular flexibility index (Phi) is 2.77. The summed E-state index contributed by atoms with van der Waals surface area (Å²) in [4.78, 5) is 4.12. The van der Waals surface area contributed by atoms with Crippen LogP contribution in [-0.2, 0) is 11.8 Å². The number of hydrogen-bond donors (Lipinski definition) is 1. The summed E-state index contributed by atoms with van der Waals surface area (Å²) in [7, 11) is 0. The minimum atomic E-state index is 0.213. The Morgan fingerprint density at radius 3 is 2.31 bits per heavy atom. The van der Waals surface area contributed by atoms with Crippen LogP contribution < -0.4 is 0 Å². The number of hydrogen-bond acceptors (Lipinski definition) is 2. The summed E-state index contributed by atoms with van der Waals surface area (Å²) in [5.41, 5.74) is 2.82. The van der Waals surface area contributed by atoms with Crippen molar-refractivity contribution in [2.45, 2.75) is 32.6 Å². The molecule has 0 saturated carbocycles. The third kappa shape index (κ3) is 2.48. The number of aromatic nitrogens is 3. The molecule has 0 radical (unpaired) electrons. The molecule has 84 valence electrons. The van der Waals surface area contributed by atoms with Gasteiger partial charge in [0.05, 0.1) is 0 Å². The molecule has 0 aliphatic carbocycles. The summed E-state index contributed by atoms with van der Waals surface area (Å²) in [6, 6.07) is 8.68. The molecule has 1 N–H and O–H groups in total. The highest BCUT2D eigenvalue weighted by atomic mass is 15.2. The normalized spacial score (nSPS) is 11.7. The summed E-state index contributed by atoms with van der Waals surface area (Å²) in [6.45, 7) is 6.66. The Bertz CT molecular complexity index is 435. The van der Waals surface area contributed by atoms with Crippen molar-refractivity contribution in [1.29, 1.82) is 0 Å². The van der Waals surface area contributed by atoms with Gasteiger partial charge in [0.2, 0.25) is 0 Å². The highest BCUT2D eigenvalue weighted by Crippen LogP contribution is 2.22. The zero-order chi connectivity index (χ0) is 11.6. The molecule has 0 spiro atoms. The zero-order valence-electron chi connectivity index (χ0n) is 9.99. The van der Waals surface area contributed by atoms with E-state index in [1.807, 2.05) is 0 Å². The number of nitrogens with zero attached hydrogens (tertiary/aromatic N) is 2. The molecule has 1 aromatic heterocycles. The number of rotatable bonds is 2. The van der Waals surface area contributed by atoms with Gasteiger partial charge < -0.3 is 0 Å². The summed E-state index contributed by atoms with van der Waals surface area (Å²) in [5.74, 6) is 0.906. The fraction of sp³-hybridized carbons (Fsp3) is 0.385. The first kappa shape index (κ1) is 10.9. The molecule has 3 nitrogen and oxygen atoms in total. The van der Waals surface area contributed by atoms with Crippen LogP contribution in [0, 0.1) is 0 Å². The minimum absolute atomic E-state index is 0.213. The average molecular weight is 215 g/mol. The molecule has 2 aromatic rings. The van der Waals surface area contributed by atoms with Crippen molar-refractivity contribution in [3.8, 4) is 0 Å². The van der Waals surface area contributed by atoms with Gasteiger partial charge in [-0.1, -0.05) is 45.0 Å². The van der Waals surface area contributed by atoms with Gasteiger partial charge in [0.1, 0.15) is 12.2 Å². The smallest absolute Gasteiger partial charge is 0.137 e. The quantitative estimate of drug-likeness (QED) is 0.836. The maximum absolute atomic E-state index is 4.12. The third-order valence-electron chi connectivity index (χ3n) is 2.66. The Morgan fingerprint density at radius 1 is 1.12 bits per heavy atom. The van der Waals surface area contributed by atoms with Gasteiger partial charge >= 0.3 is 0 Å². The predicted octanol–water partition coefficient (Wildman–Crippen LogP) is 2.69. The van der Waals surface area contributed by atoms with E-state index < -0.39 is 0 Å². The second-order valence-electron chi connectivity index (χ2n) is 5.06. The molecule has 0 amide bonds. The number of nitrogens with one attached hydrogen (secondary N) is 1. The topological polar surface area (TPSA) is 41.6 Å². The summed E-state index contributed by atoms with van der Waals surface area (Å²) >= 11 is 0. The average Bonchev–Trinajstić information content (AvgIpc) is 2.70. The molecule has 0 unspecified atom stereocenters. The van der Waals surface area contributed by atoms with Crippen molar-refractivity contribution in [2.24, 2.45) is 0 Å². The number of benzene rings is 1. The lowest BCUT2D eigenvalue weighted by Crippen LogP contribution is -2.10. The fourth-order valence-corrected chi connectivity index (χ4v) is 1.63. The lowest BCUT2D eigenvalue weighted by atomic mass is 9.86. The van der Waals surface area contributed by atoms with Gasteiger partial charge in [-0.05, 0) is 16.5 Å². The lowest BCUT2D eigenvalue weighted by molar-refractivity contribution is 0.590. The van der Waals surface area contributed by atoms with Crippen LogP contribution in [0.3, 0.4) is 0 Å². The Balaban J connectivity index is 2.14. The minimum Gasteiger partial charge on any atom is -0.263 e. The van der Waals surface area contributed by atoms with Crippen LogP contribution in [0.2, 0.25) is 0 Å². The van der Waals surface area contributed by atoms with E-state index in [-0.39, 0.29) is 5.41 Å². The Labute approximate surface area is 95.9 Å². The maximum Gasteiger partial charge on any atom is 0.137 e. The van der Waals surface area contributed by atoms with Gasteiger partial charge in [0.15, 0.2) is 0 Å². The van der Waals surface area contributed by atoms with Crippen LogP contribution >= 0.6 is 0 Å². The number of aromatic amines is 1. The number of H-pyrrole nitrogens is 1. The van der Waals surface area contributed by atoms with Gasteiger partial charge in [0, 0.05) is 6.42 Å². The van der Waals surface area contributed by atoms with E-state index in [0.717, 1.165) is 12.2 Å². The summed E-state index contributed by atoms with van der Waals surface area (Å²) in [6.07, 6.45) is 2.35. The zero-order valence-corrected chi connectivity index (χ0v) is 9.99. The lowest BCUT2D eigenvalue weighted by Gasteiger charge is -2.19. The van der Waals surface area contributed by atoms with Crippen molar-refractivity contribution in [1.82, 2.24) is 15.2 Å². The van der Waals surface area contributed by atoms with Crippen LogP contribution in [0.4, 0.5) is 0 Å². The first-order chi connectivity index (χ1) is 7.55. The highest BCUT2D eigenvalue weighted by molar-refractivity contribution is 5.28. The molecule has 0 atom stereocenters. The molecular weight excluding hydrogens is 198 g/mol. The molecule has 16 heavy (non-hydrogen) atoms. The predicted molar refractivity (Wildman–Crippen MR) is 64.3 cm³/mol. The maximum atomic E-state index is 4.12. The van der Waals surface area contributed by atoms with Gasteiger partial charge in [-0.3, -0.25) is 5.10 Å². The molecule has 0 aliphatic rings. The van der Waals surface area contributed by atoms with Gasteiger partial charge in [-0.2, -0.15) is 5.10 Å². The van der Waals surface area contributed by atoms with Crippen LogP contribution in [0.15, 0.2) is 30.6 Å². The van der Waals surface area contributed by atoms with Crippen molar-refractivity contribution in [3.63, 3.8) is 0 Å². The highest BCUT2D eigenvalue weighted by Gasteiger charge is 2.12. The van der Waals surface area contributed by atoms with Crippen molar-refractivity contribution < 1.29 is 0 Å². The third-order valence-corrected chi connectivity index (χ3v) is 2.66. The van der Waals surface area contributed by atoms with E-state index in [4.69, 9.17) is 0 Å². The van der Waals surface area contributed by atoms with Crippen LogP contribution in [-0.4, -0.2) is 15.2 Å². The van der Waals surface area contributed by atoms with E-state index in [0.29, 0.717) is 0 Å². The second kappa shape index (κ2) is 4.08. The van der Waals surface area contributed by atoms with E-state index >= 15 is 0 Å². The standard InChI is InChI=1S/C13H17N3/c1-13(2,3)11-6-4-10(5-7-11)8-12-14-9-15-16-12/h4-7,9H,8H2,1-3H3,(H,14,15,16). The molecule has 0 bridgehead atoms. The molecule has 2 rings (SSSR count). The van der Waals surface area contributed by atoms with Crippen molar-refractivity contribution in [2.75, 3.05) is 0 Å². The first-order valence-corrected chi connectivity index (χ1v) is 5.49. The monoisotopic (exact) mass is 215 g/mol. The second-order valence-corrected chi connectivity index (χ2v) is 5.06. The van der Waals surface area contributed by atoms with E-state index in [1.165, 1.54) is 11.1 Å². The van der Waals surface area contributed by atoms with E-state index in [2.05, 4.69) is 60.2 Å². The molecule has 3 heteroatoms. The van der Waals surface area contributed by atoms with Crippen molar-refractivity contribution >= 4 is 0 Å². The van der Waals surface area contributed by atoms with Gasteiger partial charge in [-0.15, -0.1) is 0 Å². The molecule has 0 fully saturated rings. The SMILES string of the molecule is CC(C)(C)c1ccc(Cc2ncn[nH]2)cc1. The molecule has 0 saturated heterocycles. The van der Waals surface area contributed by atoms with Gasteiger partial charge in [-0.25, -0.2) is 4.98 Å². The van der Waals surface area contributed by atoms with Crippen LogP contribution in [0.25, 0.3) is 0 Å². The molecular formula is C13H17N3. The first-order valence-electron chi connectivity index (χ1n) is 5.49. The van der Waals surface area contributed by atoms with E-state index in [1.54, 1.807) is 6.33 Å². The fourth-order valence-electron chi connectivity index (χ4n) is 1.63. The Morgan fingerprint density at radius 2 is 1.81 bits per heavy atom. The largest absolute Gasteiger partial charge is 0.263 e. The summed E-state index contributed by atoms with van der Waals surface area (Å²) < 4.78 is 0. The van der Waals surface area contributed by atoms with E-state index in [9.17, 15) is 0 Å². The van der Waals surface area contributed by atoms with Gasteiger partial charge in [0.25, 0.3) is 0 Å². The molecule has 1 aromatic carbocycles. The van der Waals surface area contributed by atoms with Crippen LogP contribution in [0.5, 0.6) is 0 Å². The van der Waals surface area contributed by atoms with Crippen molar-refractivity contribution in [3.05, 3.63) is 47.5 Å². The molecule has 0 aliphatic heterocycles. The Hall–Kier alpha value is -1.64. The summed E-state index contributed by atoms with van der Waals surface area (Å²) in [5, 5.41) is 6.71.